The van der Waals surface area contributed by atoms with Gasteiger partial charge in [-0.15, -0.1) is 11.3 Å². The van der Waals surface area contributed by atoms with Gasteiger partial charge in [0.2, 0.25) is 0 Å². The lowest BCUT2D eigenvalue weighted by Gasteiger charge is -2.24. The minimum Gasteiger partial charge on any atom is -0.477 e. The Bertz CT molecular complexity index is 629. The highest BCUT2D eigenvalue weighted by atomic mass is 32.1. The van der Waals surface area contributed by atoms with Crippen LogP contribution in [0.2, 0.25) is 0 Å². The summed E-state index contributed by atoms with van der Waals surface area (Å²) >= 11 is 1.70. The van der Waals surface area contributed by atoms with Gasteiger partial charge in [-0.05, 0) is 31.2 Å². The number of carboxylic acids is 1. The number of aromatic nitrogens is 2. The van der Waals surface area contributed by atoms with E-state index in [1.807, 2.05) is 18.5 Å². The Morgan fingerprint density at radius 1 is 1.60 bits per heavy atom. The predicted octanol–water partition coefficient (Wildman–Crippen LogP) is 2.66. The number of carbonyl (C=O) groups is 1. The van der Waals surface area contributed by atoms with Crippen LogP contribution in [0.3, 0.4) is 0 Å². The maximum Gasteiger partial charge on any atom is 0.341 e. The van der Waals surface area contributed by atoms with Crippen molar-refractivity contribution in [3.63, 3.8) is 0 Å². The zero-order valence-electron chi connectivity index (χ0n) is 11.5. The van der Waals surface area contributed by atoms with Crippen molar-refractivity contribution in [2.75, 3.05) is 4.90 Å². The third kappa shape index (κ3) is 2.31. The Morgan fingerprint density at radius 2 is 2.35 bits per heavy atom. The molecule has 1 N–H and O–H groups in total. The van der Waals surface area contributed by atoms with Crippen LogP contribution >= 0.6 is 11.3 Å². The van der Waals surface area contributed by atoms with Crippen molar-refractivity contribution in [2.24, 2.45) is 7.05 Å². The smallest absolute Gasteiger partial charge is 0.341 e. The van der Waals surface area contributed by atoms with Crippen molar-refractivity contribution in [3.8, 4) is 0 Å². The standard InChI is InChI=1S/C14H17N3O2S/c1-9-12(14(18)19)13(16(2)15-9)17(10-5-6-10)8-11-4-3-7-20-11/h3-4,7,10H,5-6,8H2,1-2H3,(H,18,19). The Kier molecular flexibility index (Phi) is 3.25. The number of aromatic carboxylic acids is 1. The maximum atomic E-state index is 11.5. The van der Waals surface area contributed by atoms with Crippen LogP contribution in [0.5, 0.6) is 0 Å². The number of rotatable bonds is 5. The summed E-state index contributed by atoms with van der Waals surface area (Å²) in [4.78, 5) is 15.0. The van der Waals surface area contributed by atoms with Crippen molar-refractivity contribution in [1.29, 1.82) is 0 Å². The molecule has 1 aliphatic rings. The van der Waals surface area contributed by atoms with Gasteiger partial charge in [-0.25, -0.2) is 4.79 Å². The lowest BCUT2D eigenvalue weighted by atomic mass is 10.2. The molecule has 1 aliphatic carbocycles. The molecule has 2 aromatic rings. The number of thiophene rings is 1. The first-order valence-electron chi connectivity index (χ1n) is 6.64. The van der Waals surface area contributed by atoms with Gasteiger partial charge in [-0.2, -0.15) is 5.10 Å². The quantitative estimate of drug-likeness (QED) is 0.920. The van der Waals surface area contributed by atoms with Crippen LogP contribution in [0.25, 0.3) is 0 Å². The molecule has 0 aliphatic heterocycles. The van der Waals surface area contributed by atoms with Crippen LogP contribution in [0.15, 0.2) is 17.5 Å². The fourth-order valence-corrected chi connectivity index (χ4v) is 3.26. The summed E-state index contributed by atoms with van der Waals surface area (Å²) in [5, 5.41) is 15.8. The summed E-state index contributed by atoms with van der Waals surface area (Å²) in [5.74, 6) is -0.173. The van der Waals surface area contributed by atoms with Gasteiger partial charge in [0.1, 0.15) is 11.4 Å². The summed E-state index contributed by atoms with van der Waals surface area (Å²) in [5.41, 5.74) is 0.905. The zero-order valence-corrected chi connectivity index (χ0v) is 12.4. The molecule has 5 nitrogen and oxygen atoms in total. The molecule has 0 aromatic carbocycles. The monoisotopic (exact) mass is 291 g/mol. The van der Waals surface area contributed by atoms with Crippen molar-refractivity contribution in [2.45, 2.75) is 32.4 Å². The van der Waals surface area contributed by atoms with Gasteiger partial charge in [0.15, 0.2) is 0 Å². The van der Waals surface area contributed by atoms with Crippen LogP contribution in [0.1, 0.15) is 33.8 Å². The first-order valence-corrected chi connectivity index (χ1v) is 7.52. The highest BCUT2D eigenvalue weighted by Crippen LogP contribution is 2.36. The van der Waals surface area contributed by atoms with E-state index in [2.05, 4.69) is 16.1 Å². The van der Waals surface area contributed by atoms with E-state index in [1.165, 1.54) is 4.88 Å². The highest BCUT2D eigenvalue weighted by Gasteiger charge is 2.34. The second-order valence-electron chi connectivity index (χ2n) is 5.15. The normalized spacial score (nSPS) is 14.5. The summed E-state index contributed by atoms with van der Waals surface area (Å²) in [6.45, 7) is 2.50. The number of hydrogen-bond donors (Lipinski definition) is 1. The summed E-state index contributed by atoms with van der Waals surface area (Å²) in [7, 11) is 1.82. The number of hydrogen-bond acceptors (Lipinski definition) is 4. The molecule has 1 saturated carbocycles. The van der Waals surface area contributed by atoms with E-state index >= 15 is 0 Å². The summed E-state index contributed by atoms with van der Waals surface area (Å²) in [6.07, 6.45) is 2.24. The topological polar surface area (TPSA) is 58.4 Å². The Morgan fingerprint density at radius 3 is 2.90 bits per heavy atom. The van der Waals surface area contributed by atoms with E-state index in [1.54, 1.807) is 22.9 Å². The number of anilines is 1. The second-order valence-corrected chi connectivity index (χ2v) is 6.18. The Hall–Kier alpha value is -1.82. The molecule has 0 unspecified atom stereocenters. The van der Waals surface area contributed by atoms with Crippen molar-refractivity contribution < 1.29 is 9.90 Å². The molecule has 106 valence electrons. The first-order chi connectivity index (χ1) is 9.58. The molecule has 2 heterocycles. The van der Waals surface area contributed by atoms with E-state index in [9.17, 15) is 9.90 Å². The molecule has 0 amide bonds. The Labute approximate surface area is 121 Å². The van der Waals surface area contributed by atoms with E-state index in [0.717, 1.165) is 25.2 Å². The molecular weight excluding hydrogens is 274 g/mol. The van der Waals surface area contributed by atoms with E-state index in [-0.39, 0.29) is 0 Å². The van der Waals surface area contributed by atoms with Gasteiger partial charge in [-0.1, -0.05) is 6.07 Å². The number of carboxylic acid groups (broad SMARTS) is 1. The maximum absolute atomic E-state index is 11.5. The van der Waals surface area contributed by atoms with Gasteiger partial charge in [-0.3, -0.25) is 4.68 Å². The predicted molar refractivity (Wildman–Crippen MR) is 78.4 cm³/mol. The molecule has 0 saturated heterocycles. The van der Waals surface area contributed by atoms with Crippen LogP contribution in [0.4, 0.5) is 5.82 Å². The molecule has 2 aromatic heterocycles. The summed E-state index contributed by atoms with van der Waals surface area (Å²) in [6, 6.07) is 4.55. The van der Waals surface area contributed by atoms with E-state index < -0.39 is 5.97 Å². The Balaban J connectivity index is 2.01. The van der Waals surface area contributed by atoms with Crippen molar-refractivity contribution in [1.82, 2.24) is 9.78 Å². The first kappa shape index (κ1) is 13.2. The largest absolute Gasteiger partial charge is 0.477 e. The molecule has 1 fully saturated rings. The lowest BCUT2D eigenvalue weighted by molar-refractivity contribution is 0.0696. The molecule has 6 heteroatoms. The zero-order chi connectivity index (χ0) is 14.3. The molecule has 3 rings (SSSR count). The molecule has 0 bridgehead atoms. The number of nitrogens with zero attached hydrogens (tertiary/aromatic N) is 3. The molecular formula is C14H17N3O2S. The average Bonchev–Trinajstić information content (AvgIpc) is 3.01. The third-order valence-electron chi connectivity index (χ3n) is 3.57. The van der Waals surface area contributed by atoms with Crippen molar-refractivity contribution in [3.05, 3.63) is 33.6 Å². The van der Waals surface area contributed by atoms with Gasteiger partial charge in [0.25, 0.3) is 0 Å². The highest BCUT2D eigenvalue weighted by molar-refractivity contribution is 7.09. The van der Waals surface area contributed by atoms with Crippen molar-refractivity contribution >= 4 is 23.1 Å². The van der Waals surface area contributed by atoms with Crippen LogP contribution < -0.4 is 4.90 Å². The molecule has 0 spiro atoms. The van der Waals surface area contributed by atoms with Crippen LogP contribution in [-0.2, 0) is 13.6 Å². The lowest BCUT2D eigenvalue weighted by Crippen LogP contribution is -2.28. The van der Waals surface area contributed by atoms with E-state index in [4.69, 9.17) is 0 Å². The third-order valence-corrected chi connectivity index (χ3v) is 4.43. The number of aryl methyl sites for hydroxylation is 2. The van der Waals surface area contributed by atoms with Crippen LogP contribution in [0, 0.1) is 6.92 Å². The molecule has 0 atom stereocenters. The average molecular weight is 291 g/mol. The summed E-state index contributed by atoms with van der Waals surface area (Å²) < 4.78 is 1.70. The van der Waals surface area contributed by atoms with E-state index in [0.29, 0.717) is 17.3 Å². The molecule has 0 radical (unpaired) electrons. The fraction of sp³-hybridized carbons (Fsp3) is 0.429. The minimum atomic E-state index is -0.901. The minimum absolute atomic E-state index is 0.330. The van der Waals surface area contributed by atoms with Crippen LogP contribution in [-0.4, -0.2) is 26.9 Å². The SMILES string of the molecule is Cc1nn(C)c(N(Cc2cccs2)C2CC2)c1C(=O)O. The van der Waals surface area contributed by atoms with Gasteiger partial charge < -0.3 is 10.0 Å². The van der Waals surface area contributed by atoms with Gasteiger partial charge in [0.05, 0.1) is 12.2 Å². The van der Waals surface area contributed by atoms with Gasteiger partial charge in [0, 0.05) is 18.0 Å². The van der Waals surface area contributed by atoms with Gasteiger partial charge >= 0.3 is 5.97 Å². The molecule has 20 heavy (non-hydrogen) atoms. The second kappa shape index (κ2) is 4.94. The fourth-order valence-electron chi connectivity index (χ4n) is 2.56.